The molecule has 1 fully saturated rings. The number of carbonyl (C=O) groups is 3. The van der Waals surface area contributed by atoms with E-state index < -0.39 is 0 Å². The summed E-state index contributed by atoms with van der Waals surface area (Å²) >= 11 is 1.66. The van der Waals surface area contributed by atoms with Crippen LogP contribution in [0.2, 0.25) is 0 Å². The van der Waals surface area contributed by atoms with Gasteiger partial charge in [0.05, 0.1) is 12.6 Å². The van der Waals surface area contributed by atoms with Crippen molar-refractivity contribution in [2.24, 2.45) is 5.92 Å². The highest BCUT2D eigenvalue weighted by atomic mass is 32.1. The lowest BCUT2D eigenvalue weighted by atomic mass is 9.92. The maximum absolute atomic E-state index is 12.8. The number of hydrogen-bond donors (Lipinski definition) is 1. The van der Waals surface area contributed by atoms with Crippen molar-refractivity contribution in [2.45, 2.75) is 52.1 Å². The summed E-state index contributed by atoms with van der Waals surface area (Å²) in [5, 5.41) is 5.23. The monoisotopic (exact) mass is 398 g/mol. The molecule has 1 aliphatic heterocycles. The van der Waals surface area contributed by atoms with Gasteiger partial charge in [-0.05, 0) is 35.1 Å². The molecule has 2 aromatic rings. The van der Waals surface area contributed by atoms with Crippen LogP contribution in [0.15, 0.2) is 41.8 Å². The van der Waals surface area contributed by atoms with Crippen LogP contribution in [-0.2, 0) is 16.1 Å². The molecule has 1 aromatic heterocycles. The Morgan fingerprint density at radius 3 is 2.25 bits per heavy atom. The van der Waals surface area contributed by atoms with E-state index in [2.05, 4.69) is 25.2 Å². The van der Waals surface area contributed by atoms with Gasteiger partial charge >= 0.3 is 0 Å². The number of thiophene rings is 1. The average molecular weight is 399 g/mol. The van der Waals surface area contributed by atoms with Gasteiger partial charge in [-0.2, -0.15) is 0 Å². The second-order valence-electron chi connectivity index (χ2n) is 7.11. The molecule has 5 nitrogen and oxygen atoms in total. The number of imide groups is 1. The fourth-order valence-corrected chi connectivity index (χ4v) is 4.49. The van der Waals surface area contributed by atoms with Crippen LogP contribution in [0, 0.1) is 5.92 Å². The number of carbonyl (C=O) groups excluding carboxylic acids is 3. The Morgan fingerprint density at radius 2 is 1.71 bits per heavy atom. The minimum atomic E-state index is -0.129. The quantitative estimate of drug-likeness (QED) is 0.674. The molecule has 3 amide bonds. The molecule has 2 heterocycles. The first-order valence-electron chi connectivity index (χ1n) is 9.79. The summed E-state index contributed by atoms with van der Waals surface area (Å²) in [7, 11) is 0. The molecular weight excluding hydrogens is 372 g/mol. The van der Waals surface area contributed by atoms with E-state index in [-0.39, 0.29) is 30.3 Å². The Morgan fingerprint density at radius 1 is 1.07 bits per heavy atom. The van der Waals surface area contributed by atoms with Gasteiger partial charge < -0.3 is 5.32 Å². The van der Waals surface area contributed by atoms with E-state index in [0.717, 1.165) is 18.4 Å². The molecule has 28 heavy (non-hydrogen) atoms. The summed E-state index contributed by atoms with van der Waals surface area (Å²) < 4.78 is 0. The fourth-order valence-electron chi connectivity index (χ4n) is 3.62. The van der Waals surface area contributed by atoms with E-state index in [1.165, 1.54) is 9.78 Å². The average Bonchev–Trinajstić information content (AvgIpc) is 3.34. The van der Waals surface area contributed by atoms with Crippen molar-refractivity contribution in [1.29, 1.82) is 0 Å². The molecule has 0 bridgehead atoms. The summed E-state index contributed by atoms with van der Waals surface area (Å²) in [5.74, 6) is 0.0193. The Labute approximate surface area is 169 Å². The second kappa shape index (κ2) is 9.15. The van der Waals surface area contributed by atoms with Gasteiger partial charge in [0.1, 0.15) is 0 Å². The topological polar surface area (TPSA) is 66.5 Å². The van der Waals surface area contributed by atoms with Crippen LogP contribution in [0.5, 0.6) is 0 Å². The lowest BCUT2D eigenvalue weighted by molar-refractivity contribution is -0.139. The third kappa shape index (κ3) is 4.50. The van der Waals surface area contributed by atoms with Gasteiger partial charge in [0.2, 0.25) is 11.8 Å². The zero-order valence-corrected chi connectivity index (χ0v) is 17.1. The molecule has 1 aliphatic rings. The molecule has 0 saturated carbocycles. The van der Waals surface area contributed by atoms with Crippen molar-refractivity contribution in [3.63, 3.8) is 0 Å². The maximum atomic E-state index is 12.8. The number of nitrogens with one attached hydrogen (secondary N) is 1. The van der Waals surface area contributed by atoms with Crippen molar-refractivity contribution >= 4 is 29.1 Å². The molecule has 1 saturated heterocycles. The van der Waals surface area contributed by atoms with Gasteiger partial charge in [-0.1, -0.05) is 44.9 Å². The maximum Gasteiger partial charge on any atom is 0.251 e. The van der Waals surface area contributed by atoms with E-state index in [1.807, 2.05) is 23.6 Å². The number of rotatable bonds is 8. The fraction of sp³-hybridized carbons (Fsp3) is 0.409. The van der Waals surface area contributed by atoms with E-state index >= 15 is 0 Å². The zero-order valence-electron chi connectivity index (χ0n) is 16.3. The molecule has 1 atom stereocenters. The minimum Gasteiger partial charge on any atom is -0.344 e. The van der Waals surface area contributed by atoms with Crippen molar-refractivity contribution in [3.8, 4) is 0 Å². The molecule has 0 aliphatic carbocycles. The van der Waals surface area contributed by atoms with Crippen LogP contribution in [0.3, 0.4) is 0 Å². The predicted octanol–water partition coefficient (Wildman–Crippen LogP) is 4.30. The lowest BCUT2D eigenvalue weighted by Gasteiger charge is -2.25. The number of hydrogen-bond acceptors (Lipinski definition) is 4. The Balaban J connectivity index is 1.69. The second-order valence-corrected chi connectivity index (χ2v) is 8.09. The van der Waals surface area contributed by atoms with Gasteiger partial charge in [0.15, 0.2) is 0 Å². The highest BCUT2D eigenvalue weighted by Gasteiger charge is 2.29. The molecule has 3 rings (SSSR count). The smallest absolute Gasteiger partial charge is 0.251 e. The molecule has 1 unspecified atom stereocenters. The minimum absolute atomic E-state index is 0.00187. The Hall–Kier alpha value is -2.47. The third-order valence-corrected chi connectivity index (χ3v) is 6.32. The summed E-state index contributed by atoms with van der Waals surface area (Å²) in [5.41, 5.74) is 1.42. The van der Waals surface area contributed by atoms with Crippen LogP contribution in [0.1, 0.15) is 66.4 Å². The first-order chi connectivity index (χ1) is 13.5. The highest BCUT2D eigenvalue weighted by molar-refractivity contribution is 7.10. The molecular formula is C22H26N2O3S. The largest absolute Gasteiger partial charge is 0.344 e. The molecule has 0 spiro atoms. The first-order valence-corrected chi connectivity index (χ1v) is 10.7. The molecule has 1 N–H and O–H groups in total. The van der Waals surface area contributed by atoms with E-state index in [4.69, 9.17) is 0 Å². The molecule has 6 heteroatoms. The normalized spacial score (nSPS) is 15.3. The summed E-state index contributed by atoms with van der Waals surface area (Å²) in [4.78, 5) is 38.8. The van der Waals surface area contributed by atoms with Crippen LogP contribution in [-0.4, -0.2) is 22.6 Å². The number of benzene rings is 1. The Bertz CT molecular complexity index is 810. The van der Waals surface area contributed by atoms with E-state index in [0.29, 0.717) is 24.3 Å². The van der Waals surface area contributed by atoms with Crippen LogP contribution >= 0.6 is 11.3 Å². The number of amides is 3. The Kier molecular flexibility index (Phi) is 6.62. The molecule has 148 valence electrons. The number of nitrogens with zero attached hydrogens (tertiary/aromatic N) is 1. The van der Waals surface area contributed by atoms with Gasteiger partial charge in [0, 0.05) is 23.3 Å². The molecule has 0 radical (unpaired) electrons. The lowest BCUT2D eigenvalue weighted by Crippen LogP contribution is -2.32. The van der Waals surface area contributed by atoms with Crippen molar-refractivity contribution in [3.05, 3.63) is 57.8 Å². The van der Waals surface area contributed by atoms with Gasteiger partial charge in [-0.15, -0.1) is 11.3 Å². The van der Waals surface area contributed by atoms with E-state index in [9.17, 15) is 14.4 Å². The summed E-state index contributed by atoms with van der Waals surface area (Å²) in [6, 6.07) is 11.2. The molecule has 1 aromatic carbocycles. The highest BCUT2D eigenvalue weighted by Crippen LogP contribution is 2.30. The predicted molar refractivity (Wildman–Crippen MR) is 110 cm³/mol. The zero-order chi connectivity index (χ0) is 20.1. The first kappa shape index (κ1) is 20.3. The van der Waals surface area contributed by atoms with Crippen molar-refractivity contribution in [1.82, 2.24) is 10.2 Å². The third-order valence-electron chi connectivity index (χ3n) is 5.37. The SMILES string of the molecule is CCC(CC)C(NC(=O)c1ccc(CN2C(=O)CCC2=O)cc1)c1cccs1. The standard InChI is InChI=1S/C22H26N2O3S/c1-3-16(4-2)21(18-6-5-13-28-18)23-22(27)17-9-7-15(8-10-17)14-24-19(25)11-12-20(24)26/h5-10,13,16,21H,3-4,11-12,14H2,1-2H3,(H,23,27). The number of likely N-dealkylation sites (tertiary alicyclic amines) is 1. The van der Waals surface area contributed by atoms with Gasteiger partial charge in [0.25, 0.3) is 5.91 Å². The summed E-state index contributed by atoms with van der Waals surface area (Å²) in [6.45, 7) is 4.57. The van der Waals surface area contributed by atoms with E-state index in [1.54, 1.807) is 23.5 Å². The van der Waals surface area contributed by atoms with Gasteiger partial charge in [-0.3, -0.25) is 19.3 Å². The van der Waals surface area contributed by atoms with Crippen LogP contribution in [0.4, 0.5) is 0 Å². The van der Waals surface area contributed by atoms with Crippen LogP contribution in [0.25, 0.3) is 0 Å². The summed E-state index contributed by atoms with van der Waals surface area (Å²) in [6.07, 6.45) is 2.57. The van der Waals surface area contributed by atoms with Crippen molar-refractivity contribution < 1.29 is 14.4 Å². The van der Waals surface area contributed by atoms with Crippen molar-refractivity contribution in [2.75, 3.05) is 0 Å². The van der Waals surface area contributed by atoms with Crippen LogP contribution < -0.4 is 5.32 Å². The van der Waals surface area contributed by atoms with Gasteiger partial charge in [-0.25, -0.2) is 0 Å².